The number of nitrogens with zero attached hydrogens (tertiary/aromatic N) is 2. The summed E-state index contributed by atoms with van der Waals surface area (Å²) in [4.78, 5) is 9.33. The van der Waals surface area contributed by atoms with Crippen molar-refractivity contribution in [3.8, 4) is 0 Å². The van der Waals surface area contributed by atoms with Crippen molar-refractivity contribution in [1.82, 2.24) is 4.98 Å². The predicted molar refractivity (Wildman–Crippen MR) is 149 cm³/mol. The van der Waals surface area contributed by atoms with Crippen molar-refractivity contribution < 1.29 is 4.74 Å². The van der Waals surface area contributed by atoms with E-state index < -0.39 is 5.60 Å². The van der Waals surface area contributed by atoms with E-state index in [2.05, 4.69) is 63.2 Å². The number of benzene rings is 2. The highest BCUT2D eigenvalue weighted by Crippen LogP contribution is 2.50. The molecule has 0 amide bonds. The van der Waals surface area contributed by atoms with Crippen LogP contribution in [0.2, 0.25) is 5.15 Å². The molecule has 35 heavy (non-hydrogen) atoms. The number of aryl methyl sites for hydroxylation is 2. The molecule has 2 aromatic carbocycles. The first-order valence-corrected chi connectivity index (χ1v) is 12.2. The van der Waals surface area contributed by atoms with Gasteiger partial charge >= 0.3 is 0 Å². The minimum atomic E-state index is -0.880. The summed E-state index contributed by atoms with van der Waals surface area (Å²) in [5.74, 6) is 0.524. The van der Waals surface area contributed by atoms with E-state index in [1.54, 1.807) is 12.3 Å². The standard InChI is InChI=1S/C30H28Cl2N2O/c1-7-16-33-29-20(4)17-30(35-29,26-18(2)8-11-23(22(26)6)13-10-21(5)31)27-19(3)9-12-24-14-15-25(32)34-28(24)27/h7-16H,4-5,17H2,1-3,6H3/b13-10-,16-7-,33-29+. The van der Waals surface area contributed by atoms with Crippen molar-refractivity contribution in [3.05, 3.63) is 117 Å². The highest BCUT2D eigenvalue weighted by Gasteiger charge is 2.48. The third kappa shape index (κ3) is 4.59. The van der Waals surface area contributed by atoms with E-state index in [9.17, 15) is 0 Å². The zero-order valence-corrected chi connectivity index (χ0v) is 22.0. The number of rotatable bonds is 5. The number of allylic oxidation sites excluding steroid dienone is 3. The zero-order chi connectivity index (χ0) is 25.3. The second kappa shape index (κ2) is 9.85. The molecule has 1 aliphatic heterocycles. The number of aromatic nitrogens is 1. The molecule has 1 saturated heterocycles. The third-order valence-electron chi connectivity index (χ3n) is 6.38. The lowest BCUT2D eigenvalue weighted by Gasteiger charge is -2.34. The fourth-order valence-electron chi connectivity index (χ4n) is 4.93. The first-order chi connectivity index (χ1) is 16.7. The maximum Gasteiger partial charge on any atom is 0.217 e. The minimum absolute atomic E-state index is 0.435. The molecule has 5 heteroatoms. The SMILES string of the molecule is C=C(Cl)/C=C\c1ccc(C)c(C2(c3c(C)ccc4ccc(Cl)nc34)CC(=C)/C(=N\C=C/C)O2)c1C. The van der Waals surface area contributed by atoms with Gasteiger partial charge in [0, 0.05) is 39.7 Å². The molecule has 2 heterocycles. The summed E-state index contributed by atoms with van der Waals surface area (Å²) in [7, 11) is 0. The Bertz CT molecular complexity index is 1440. The van der Waals surface area contributed by atoms with Gasteiger partial charge in [-0.2, -0.15) is 0 Å². The minimum Gasteiger partial charge on any atom is -0.461 e. The zero-order valence-electron chi connectivity index (χ0n) is 20.5. The summed E-state index contributed by atoms with van der Waals surface area (Å²) in [6.07, 6.45) is 7.91. The van der Waals surface area contributed by atoms with Gasteiger partial charge in [0.15, 0.2) is 5.60 Å². The van der Waals surface area contributed by atoms with Gasteiger partial charge < -0.3 is 4.74 Å². The Labute approximate surface area is 217 Å². The molecule has 1 aliphatic rings. The van der Waals surface area contributed by atoms with E-state index in [-0.39, 0.29) is 0 Å². The predicted octanol–water partition coefficient (Wildman–Crippen LogP) is 8.73. The van der Waals surface area contributed by atoms with Gasteiger partial charge in [0.2, 0.25) is 5.90 Å². The van der Waals surface area contributed by atoms with E-state index in [4.69, 9.17) is 32.9 Å². The molecule has 1 atom stereocenters. The number of hydrogen-bond acceptors (Lipinski definition) is 3. The molecule has 0 aliphatic carbocycles. The number of pyridine rings is 1. The van der Waals surface area contributed by atoms with Gasteiger partial charge in [0.05, 0.1) is 5.52 Å². The van der Waals surface area contributed by atoms with E-state index in [0.717, 1.165) is 49.9 Å². The monoisotopic (exact) mass is 502 g/mol. The number of aliphatic imine (C=N–C) groups is 1. The molecule has 3 nitrogen and oxygen atoms in total. The maximum absolute atomic E-state index is 6.86. The van der Waals surface area contributed by atoms with Gasteiger partial charge in [-0.15, -0.1) is 0 Å². The topological polar surface area (TPSA) is 34.5 Å². The first-order valence-electron chi connectivity index (χ1n) is 11.4. The van der Waals surface area contributed by atoms with Crippen LogP contribution in [-0.2, 0) is 10.3 Å². The van der Waals surface area contributed by atoms with Gasteiger partial charge in [-0.1, -0.05) is 72.8 Å². The van der Waals surface area contributed by atoms with E-state index in [1.165, 1.54) is 0 Å². The molecule has 1 unspecified atom stereocenters. The first kappa shape index (κ1) is 25.0. The summed E-state index contributed by atoms with van der Waals surface area (Å²) in [6, 6.07) is 12.2. The lowest BCUT2D eigenvalue weighted by atomic mass is 9.75. The lowest BCUT2D eigenvalue weighted by molar-refractivity contribution is 0.125. The number of ether oxygens (including phenoxy) is 1. The second-order valence-corrected chi connectivity index (χ2v) is 9.71. The van der Waals surface area contributed by atoms with Crippen molar-refractivity contribution >= 4 is 46.1 Å². The average Bonchev–Trinajstić information content (AvgIpc) is 3.12. The molecular formula is C30H28Cl2N2O. The summed E-state index contributed by atoms with van der Waals surface area (Å²) < 4.78 is 6.86. The van der Waals surface area contributed by atoms with E-state index in [1.807, 2.05) is 31.2 Å². The fourth-order valence-corrected chi connectivity index (χ4v) is 5.14. The van der Waals surface area contributed by atoms with Gasteiger partial charge in [0.1, 0.15) is 5.15 Å². The van der Waals surface area contributed by atoms with Crippen LogP contribution in [0.4, 0.5) is 0 Å². The Balaban J connectivity index is 2.12. The molecule has 0 N–H and O–H groups in total. The summed E-state index contributed by atoms with van der Waals surface area (Å²) in [6.45, 7) is 16.3. The van der Waals surface area contributed by atoms with Crippen molar-refractivity contribution in [3.63, 3.8) is 0 Å². The summed E-state index contributed by atoms with van der Waals surface area (Å²) in [5, 5.41) is 1.90. The molecule has 3 aromatic rings. The molecular weight excluding hydrogens is 475 g/mol. The highest BCUT2D eigenvalue weighted by atomic mass is 35.5. The van der Waals surface area contributed by atoms with Gasteiger partial charge in [-0.25, -0.2) is 9.98 Å². The van der Waals surface area contributed by atoms with E-state index >= 15 is 0 Å². The van der Waals surface area contributed by atoms with Crippen LogP contribution in [0.15, 0.2) is 83.5 Å². The van der Waals surface area contributed by atoms with Gasteiger partial charge in [-0.3, -0.25) is 0 Å². The Hall–Kier alpha value is -3.14. The summed E-state index contributed by atoms with van der Waals surface area (Å²) in [5.41, 5.74) is 7.06. The van der Waals surface area contributed by atoms with Gasteiger partial charge in [-0.05, 0) is 68.2 Å². The number of fused-ring (bicyclic) bond motifs is 1. The van der Waals surface area contributed by atoms with Crippen LogP contribution in [0.5, 0.6) is 0 Å². The van der Waals surface area contributed by atoms with Crippen LogP contribution in [0.1, 0.15) is 46.7 Å². The second-order valence-electron chi connectivity index (χ2n) is 8.84. The number of hydrogen-bond donors (Lipinski definition) is 0. The van der Waals surface area contributed by atoms with Crippen molar-refractivity contribution in [2.24, 2.45) is 4.99 Å². The molecule has 0 radical (unpaired) electrons. The molecule has 0 bridgehead atoms. The smallest absolute Gasteiger partial charge is 0.217 e. The van der Waals surface area contributed by atoms with E-state index in [0.29, 0.717) is 22.5 Å². The Kier molecular flexibility index (Phi) is 7.02. The Morgan fingerprint density at radius 3 is 2.49 bits per heavy atom. The fraction of sp³-hybridized carbons (Fsp3) is 0.200. The largest absolute Gasteiger partial charge is 0.461 e. The van der Waals surface area contributed by atoms with Crippen molar-refractivity contribution in [2.75, 3.05) is 0 Å². The van der Waals surface area contributed by atoms with Crippen LogP contribution in [0.25, 0.3) is 17.0 Å². The van der Waals surface area contributed by atoms with Crippen LogP contribution in [0.3, 0.4) is 0 Å². The van der Waals surface area contributed by atoms with Crippen LogP contribution >= 0.6 is 23.2 Å². The van der Waals surface area contributed by atoms with Crippen LogP contribution in [-0.4, -0.2) is 10.9 Å². The number of halogens is 2. The van der Waals surface area contributed by atoms with Crippen molar-refractivity contribution in [1.29, 1.82) is 0 Å². The van der Waals surface area contributed by atoms with Crippen LogP contribution < -0.4 is 0 Å². The molecule has 0 spiro atoms. The van der Waals surface area contributed by atoms with Crippen molar-refractivity contribution in [2.45, 2.75) is 39.7 Å². The Morgan fingerprint density at radius 2 is 1.77 bits per heavy atom. The quantitative estimate of drug-likeness (QED) is 0.258. The summed E-state index contributed by atoms with van der Waals surface area (Å²) >= 11 is 12.4. The Morgan fingerprint density at radius 1 is 1.09 bits per heavy atom. The van der Waals surface area contributed by atoms with Gasteiger partial charge in [0.25, 0.3) is 0 Å². The molecule has 178 valence electrons. The molecule has 4 rings (SSSR count). The average molecular weight is 503 g/mol. The third-order valence-corrected chi connectivity index (χ3v) is 6.72. The highest BCUT2D eigenvalue weighted by molar-refractivity contribution is 6.31. The van der Waals surface area contributed by atoms with Crippen LogP contribution in [0, 0.1) is 20.8 Å². The molecule has 0 saturated carbocycles. The normalized spacial score (nSPS) is 19.4. The molecule has 1 fully saturated rings. The maximum atomic E-state index is 6.86. The lowest BCUT2D eigenvalue weighted by Crippen LogP contribution is -2.31. The molecule has 1 aromatic heterocycles.